The predicted octanol–water partition coefficient (Wildman–Crippen LogP) is 3.63. The molecule has 0 aliphatic heterocycles. The Labute approximate surface area is 130 Å². The molecular formula is C16H13BrN2O2. The normalized spacial score (nSPS) is 10.8. The molecule has 0 fully saturated rings. The predicted molar refractivity (Wildman–Crippen MR) is 84.3 cm³/mol. The molecule has 4 nitrogen and oxygen atoms in total. The highest BCUT2D eigenvalue weighted by Gasteiger charge is 2.10. The number of benzene rings is 2. The topological polar surface area (TPSA) is 44.1 Å². The van der Waals surface area contributed by atoms with Gasteiger partial charge >= 0.3 is 5.97 Å². The Morgan fingerprint density at radius 3 is 2.86 bits per heavy atom. The number of ether oxygens (including phenoxy) is 1. The largest absolute Gasteiger partial charge is 0.465 e. The summed E-state index contributed by atoms with van der Waals surface area (Å²) in [6.07, 6.45) is 1.82. The lowest BCUT2D eigenvalue weighted by Crippen LogP contribution is -2.03. The minimum absolute atomic E-state index is 0.338. The van der Waals surface area contributed by atoms with Crippen LogP contribution in [0.3, 0.4) is 0 Å². The minimum atomic E-state index is -0.338. The van der Waals surface area contributed by atoms with Gasteiger partial charge in [0.05, 0.1) is 36.6 Å². The van der Waals surface area contributed by atoms with Gasteiger partial charge in [0.15, 0.2) is 0 Å². The van der Waals surface area contributed by atoms with Crippen LogP contribution in [0.5, 0.6) is 0 Å². The molecule has 0 amide bonds. The Morgan fingerprint density at radius 2 is 2.10 bits per heavy atom. The van der Waals surface area contributed by atoms with Gasteiger partial charge in [0.25, 0.3) is 0 Å². The van der Waals surface area contributed by atoms with E-state index in [1.807, 2.05) is 36.7 Å². The van der Waals surface area contributed by atoms with E-state index in [9.17, 15) is 4.79 Å². The average molecular weight is 345 g/mol. The van der Waals surface area contributed by atoms with Gasteiger partial charge in [0, 0.05) is 4.47 Å². The van der Waals surface area contributed by atoms with Crippen LogP contribution < -0.4 is 0 Å². The second kappa shape index (κ2) is 5.69. The molecule has 1 heterocycles. The van der Waals surface area contributed by atoms with E-state index >= 15 is 0 Å². The number of fused-ring (bicyclic) bond motifs is 1. The highest BCUT2D eigenvalue weighted by molar-refractivity contribution is 9.10. The van der Waals surface area contributed by atoms with Gasteiger partial charge in [-0.25, -0.2) is 9.78 Å². The van der Waals surface area contributed by atoms with Crippen molar-refractivity contribution in [3.8, 4) is 0 Å². The number of hydrogen-bond donors (Lipinski definition) is 0. The van der Waals surface area contributed by atoms with Crippen molar-refractivity contribution in [2.75, 3.05) is 7.11 Å². The quantitative estimate of drug-likeness (QED) is 0.681. The van der Waals surface area contributed by atoms with Gasteiger partial charge in [0.2, 0.25) is 0 Å². The van der Waals surface area contributed by atoms with Gasteiger partial charge < -0.3 is 9.30 Å². The van der Waals surface area contributed by atoms with E-state index in [4.69, 9.17) is 4.74 Å². The number of nitrogens with zero attached hydrogens (tertiary/aromatic N) is 2. The molecule has 0 atom stereocenters. The summed E-state index contributed by atoms with van der Waals surface area (Å²) < 4.78 is 7.67. The zero-order chi connectivity index (χ0) is 14.8. The standard InChI is InChI=1S/C16H13BrN2O2/c1-21-16(20)11-6-7-12(13(17)8-11)9-19-10-18-14-4-2-3-5-15(14)19/h2-8,10H,9H2,1H3. The third-order valence-electron chi connectivity index (χ3n) is 3.34. The van der Waals surface area contributed by atoms with Crippen molar-refractivity contribution >= 4 is 32.9 Å². The zero-order valence-corrected chi connectivity index (χ0v) is 13.0. The van der Waals surface area contributed by atoms with Crippen molar-refractivity contribution in [3.63, 3.8) is 0 Å². The Morgan fingerprint density at radius 1 is 1.29 bits per heavy atom. The van der Waals surface area contributed by atoms with Crippen LogP contribution in [-0.4, -0.2) is 22.6 Å². The Hall–Kier alpha value is -2.14. The first-order chi connectivity index (χ1) is 10.2. The molecule has 0 saturated heterocycles. The maximum absolute atomic E-state index is 11.5. The van der Waals surface area contributed by atoms with Crippen molar-refractivity contribution in [3.05, 3.63) is 64.4 Å². The second-order valence-electron chi connectivity index (χ2n) is 4.66. The summed E-state index contributed by atoms with van der Waals surface area (Å²) in [6, 6.07) is 13.5. The third-order valence-corrected chi connectivity index (χ3v) is 4.08. The molecule has 0 aliphatic carbocycles. The second-order valence-corrected chi connectivity index (χ2v) is 5.51. The first-order valence-electron chi connectivity index (χ1n) is 6.45. The molecule has 0 radical (unpaired) electrons. The number of hydrogen-bond acceptors (Lipinski definition) is 3. The Bertz CT molecular complexity index is 811. The lowest BCUT2D eigenvalue weighted by molar-refractivity contribution is 0.0600. The van der Waals surface area contributed by atoms with Crippen LogP contribution in [0.2, 0.25) is 0 Å². The summed E-state index contributed by atoms with van der Waals surface area (Å²) in [4.78, 5) is 15.9. The van der Waals surface area contributed by atoms with E-state index in [1.165, 1.54) is 7.11 Å². The minimum Gasteiger partial charge on any atom is -0.465 e. The smallest absolute Gasteiger partial charge is 0.337 e. The molecular weight excluding hydrogens is 332 g/mol. The van der Waals surface area contributed by atoms with Crippen LogP contribution in [-0.2, 0) is 11.3 Å². The molecule has 1 aromatic heterocycles. The summed E-state index contributed by atoms with van der Waals surface area (Å²) in [5.74, 6) is -0.338. The first kappa shape index (κ1) is 13.8. The van der Waals surface area contributed by atoms with Gasteiger partial charge in [-0.05, 0) is 29.8 Å². The fraction of sp³-hybridized carbons (Fsp3) is 0.125. The molecule has 5 heteroatoms. The van der Waals surface area contributed by atoms with Crippen molar-refractivity contribution in [1.29, 1.82) is 0 Å². The summed E-state index contributed by atoms with van der Waals surface area (Å²) in [7, 11) is 1.38. The molecule has 0 bridgehead atoms. The summed E-state index contributed by atoms with van der Waals surface area (Å²) >= 11 is 3.51. The number of carbonyl (C=O) groups is 1. The molecule has 21 heavy (non-hydrogen) atoms. The molecule has 0 aliphatic rings. The molecule has 0 spiro atoms. The molecule has 2 aromatic carbocycles. The number of para-hydroxylation sites is 2. The number of carbonyl (C=O) groups excluding carboxylic acids is 1. The zero-order valence-electron chi connectivity index (χ0n) is 11.4. The SMILES string of the molecule is COC(=O)c1ccc(Cn2cnc3ccccc32)c(Br)c1. The molecule has 0 saturated carbocycles. The fourth-order valence-electron chi connectivity index (χ4n) is 2.24. The Kier molecular flexibility index (Phi) is 3.75. The van der Waals surface area contributed by atoms with Crippen LogP contribution >= 0.6 is 15.9 Å². The van der Waals surface area contributed by atoms with E-state index in [1.54, 1.807) is 12.1 Å². The summed E-state index contributed by atoms with van der Waals surface area (Å²) in [5.41, 5.74) is 3.66. The molecule has 106 valence electrons. The van der Waals surface area contributed by atoms with Crippen LogP contribution in [0, 0.1) is 0 Å². The number of imidazole rings is 1. The monoisotopic (exact) mass is 344 g/mol. The molecule has 0 unspecified atom stereocenters. The average Bonchev–Trinajstić information content (AvgIpc) is 2.92. The number of methoxy groups -OCH3 is 1. The highest BCUT2D eigenvalue weighted by atomic mass is 79.9. The maximum Gasteiger partial charge on any atom is 0.337 e. The number of aromatic nitrogens is 2. The van der Waals surface area contributed by atoms with Gasteiger partial charge in [-0.15, -0.1) is 0 Å². The molecule has 0 N–H and O–H groups in total. The van der Waals surface area contributed by atoms with Crippen molar-refractivity contribution in [2.24, 2.45) is 0 Å². The lowest BCUT2D eigenvalue weighted by atomic mass is 10.1. The first-order valence-corrected chi connectivity index (χ1v) is 7.25. The third kappa shape index (κ3) is 2.69. The van der Waals surface area contributed by atoms with Crippen LogP contribution in [0.1, 0.15) is 15.9 Å². The van der Waals surface area contributed by atoms with Crippen molar-refractivity contribution < 1.29 is 9.53 Å². The van der Waals surface area contributed by atoms with Crippen LogP contribution in [0.25, 0.3) is 11.0 Å². The lowest BCUT2D eigenvalue weighted by Gasteiger charge is -2.08. The fourth-order valence-corrected chi connectivity index (χ4v) is 2.74. The number of halogens is 1. The van der Waals surface area contributed by atoms with E-state index in [0.29, 0.717) is 12.1 Å². The molecule has 3 aromatic rings. The molecule has 3 rings (SSSR count). The van der Waals surface area contributed by atoms with Crippen molar-refractivity contribution in [1.82, 2.24) is 9.55 Å². The maximum atomic E-state index is 11.5. The summed E-state index contributed by atoms with van der Waals surface area (Å²) in [5, 5.41) is 0. The Balaban J connectivity index is 1.93. The summed E-state index contributed by atoms with van der Waals surface area (Å²) in [6.45, 7) is 0.683. The van der Waals surface area contributed by atoms with Gasteiger partial charge in [-0.2, -0.15) is 0 Å². The van der Waals surface area contributed by atoms with Gasteiger partial charge in [0.1, 0.15) is 0 Å². The van der Waals surface area contributed by atoms with Crippen LogP contribution in [0.4, 0.5) is 0 Å². The van der Waals surface area contributed by atoms with Crippen molar-refractivity contribution in [2.45, 2.75) is 6.54 Å². The van der Waals surface area contributed by atoms with E-state index in [0.717, 1.165) is 21.1 Å². The van der Waals surface area contributed by atoms with E-state index in [2.05, 4.69) is 25.5 Å². The number of esters is 1. The van der Waals surface area contributed by atoms with E-state index < -0.39 is 0 Å². The van der Waals surface area contributed by atoms with E-state index in [-0.39, 0.29) is 5.97 Å². The van der Waals surface area contributed by atoms with Gasteiger partial charge in [-0.1, -0.05) is 34.1 Å². The number of rotatable bonds is 3. The highest BCUT2D eigenvalue weighted by Crippen LogP contribution is 2.22. The van der Waals surface area contributed by atoms with Crippen LogP contribution in [0.15, 0.2) is 53.3 Å². The van der Waals surface area contributed by atoms with Gasteiger partial charge in [-0.3, -0.25) is 0 Å².